The van der Waals surface area contributed by atoms with Crippen LogP contribution >= 0.6 is 0 Å². The zero-order valence-corrected chi connectivity index (χ0v) is 10.7. The van der Waals surface area contributed by atoms with Crippen molar-refractivity contribution in [2.24, 2.45) is 13.0 Å². The summed E-state index contributed by atoms with van der Waals surface area (Å²) in [6, 6.07) is 0.111. The number of rotatable bonds is 5. The monoisotopic (exact) mass is 253 g/mol. The van der Waals surface area contributed by atoms with E-state index in [2.05, 4.69) is 20.8 Å². The molecule has 1 amide bonds. The van der Waals surface area contributed by atoms with Crippen LogP contribution in [0.15, 0.2) is 6.33 Å². The molecule has 2 rings (SSSR count). The van der Waals surface area contributed by atoms with Gasteiger partial charge in [0.2, 0.25) is 5.91 Å². The molecule has 2 unspecified atom stereocenters. The van der Waals surface area contributed by atoms with Crippen molar-refractivity contribution in [3.63, 3.8) is 0 Å². The highest BCUT2D eigenvalue weighted by Gasteiger charge is 2.32. The largest absolute Gasteiger partial charge is 0.379 e. The van der Waals surface area contributed by atoms with E-state index in [9.17, 15) is 4.79 Å². The van der Waals surface area contributed by atoms with Gasteiger partial charge in [-0.2, -0.15) is 0 Å². The van der Waals surface area contributed by atoms with Crippen LogP contribution < -0.4 is 10.6 Å². The Labute approximate surface area is 106 Å². The Bertz CT molecular complexity index is 406. The average molecular weight is 253 g/mol. The normalized spacial score (nSPS) is 23.2. The van der Waals surface area contributed by atoms with Crippen LogP contribution in [0.3, 0.4) is 0 Å². The molecule has 18 heavy (non-hydrogen) atoms. The Morgan fingerprint density at radius 2 is 2.44 bits per heavy atom. The second-order valence-electron chi connectivity index (χ2n) is 4.44. The molecule has 2 N–H and O–H groups in total. The highest BCUT2D eigenvalue weighted by molar-refractivity contribution is 5.79. The topological polar surface area (TPSA) is 81.1 Å². The molecule has 1 aliphatic rings. The van der Waals surface area contributed by atoms with Gasteiger partial charge in [-0.1, -0.05) is 0 Å². The summed E-state index contributed by atoms with van der Waals surface area (Å²) in [6.45, 7) is 1.65. The van der Waals surface area contributed by atoms with Crippen LogP contribution in [-0.2, 0) is 23.0 Å². The fourth-order valence-electron chi connectivity index (χ4n) is 2.06. The van der Waals surface area contributed by atoms with Crippen molar-refractivity contribution in [2.45, 2.75) is 12.5 Å². The Hall–Kier alpha value is -1.47. The number of aromatic nitrogens is 3. The Balaban J connectivity index is 1.76. The van der Waals surface area contributed by atoms with Gasteiger partial charge in [0, 0.05) is 26.1 Å². The van der Waals surface area contributed by atoms with Gasteiger partial charge in [-0.15, -0.1) is 10.2 Å². The van der Waals surface area contributed by atoms with Gasteiger partial charge < -0.3 is 19.9 Å². The van der Waals surface area contributed by atoms with Gasteiger partial charge in [0.25, 0.3) is 0 Å². The van der Waals surface area contributed by atoms with Gasteiger partial charge >= 0.3 is 0 Å². The number of carbonyl (C=O) groups excluding carboxylic acids is 1. The summed E-state index contributed by atoms with van der Waals surface area (Å²) in [5.41, 5.74) is 0. The molecule has 2 heterocycles. The third-order valence-electron chi connectivity index (χ3n) is 3.24. The van der Waals surface area contributed by atoms with Crippen molar-refractivity contribution in [1.82, 2.24) is 25.4 Å². The number of likely N-dealkylation sites (N-methyl/N-ethyl adjacent to an activating group) is 1. The summed E-state index contributed by atoms with van der Waals surface area (Å²) < 4.78 is 7.15. The van der Waals surface area contributed by atoms with Gasteiger partial charge in [0.05, 0.1) is 19.1 Å². The summed E-state index contributed by atoms with van der Waals surface area (Å²) in [6.07, 6.45) is 2.33. The first-order valence-corrected chi connectivity index (χ1v) is 6.08. The van der Waals surface area contributed by atoms with Gasteiger partial charge in [-0.05, 0) is 7.05 Å². The zero-order chi connectivity index (χ0) is 13.0. The third kappa shape index (κ3) is 2.85. The van der Waals surface area contributed by atoms with Crippen LogP contribution in [0.4, 0.5) is 0 Å². The first kappa shape index (κ1) is 13.0. The number of amides is 1. The highest BCUT2D eigenvalue weighted by atomic mass is 16.5. The molecule has 0 aromatic carbocycles. The molecule has 1 aromatic heterocycles. The number of ether oxygens (including phenoxy) is 1. The van der Waals surface area contributed by atoms with Crippen molar-refractivity contribution in [2.75, 3.05) is 26.8 Å². The summed E-state index contributed by atoms with van der Waals surface area (Å²) in [4.78, 5) is 12.0. The van der Waals surface area contributed by atoms with Crippen LogP contribution in [0.1, 0.15) is 5.82 Å². The standard InChI is InChI=1S/C11H19N5O2/c1-12-9-6-18-5-8(9)11(17)13-4-3-10-15-14-7-16(10)2/h7-9,12H,3-6H2,1-2H3,(H,13,17). The quantitative estimate of drug-likeness (QED) is 0.682. The predicted octanol–water partition coefficient (Wildman–Crippen LogP) is -1.29. The SMILES string of the molecule is CNC1COCC1C(=O)NCCc1nncn1C. The lowest BCUT2D eigenvalue weighted by Crippen LogP contribution is -2.43. The summed E-state index contributed by atoms with van der Waals surface area (Å²) in [5, 5.41) is 13.8. The van der Waals surface area contributed by atoms with Gasteiger partial charge in [-0.3, -0.25) is 4.79 Å². The van der Waals surface area contributed by atoms with Crippen LogP contribution in [0.5, 0.6) is 0 Å². The van der Waals surface area contributed by atoms with Crippen molar-refractivity contribution >= 4 is 5.91 Å². The summed E-state index contributed by atoms with van der Waals surface area (Å²) >= 11 is 0. The van der Waals surface area contributed by atoms with E-state index < -0.39 is 0 Å². The number of aryl methyl sites for hydroxylation is 1. The Morgan fingerprint density at radius 1 is 1.61 bits per heavy atom. The molecule has 1 fully saturated rings. The van der Waals surface area contributed by atoms with E-state index in [-0.39, 0.29) is 17.9 Å². The molecule has 1 saturated heterocycles. The van der Waals surface area contributed by atoms with E-state index in [4.69, 9.17) is 4.74 Å². The lowest BCUT2D eigenvalue weighted by Gasteiger charge is -2.16. The fraction of sp³-hybridized carbons (Fsp3) is 0.727. The lowest BCUT2D eigenvalue weighted by molar-refractivity contribution is -0.125. The van der Waals surface area contributed by atoms with Crippen molar-refractivity contribution in [3.8, 4) is 0 Å². The maximum atomic E-state index is 12.0. The Morgan fingerprint density at radius 3 is 3.11 bits per heavy atom. The minimum atomic E-state index is -0.102. The number of carbonyl (C=O) groups is 1. The zero-order valence-electron chi connectivity index (χ0n) is 10.7. The van der Waals surface area contributed by atoms with Crippen LogP contribution in [0.25, 0.3) is 0 Å². The van der Waals surface area contributed by atoms with Gasteiger partial charge in [-0.25, -0.2) is 0 Å². The van der Waals surface area contributed by atoms with E-state index in [1.165, 1.54) is 0 Å². The first-order chi connectivity index (χ1) is 8.72. The minimum Gasteiger partial charge on any atom is -0.379 e. The molecular weight excluding hydrogens is 234 g/mol. The number of nitrogens with one attached hydrogen (secondary N) is 2. The van der Waals surface area contributed by atoms with Crippen molar-refractivity contribution in [3.05, 3.63) is 12.2 Å². The van der Waals surface area contributed by atoms with E-state index in [0.29, 0.717) is 26.2 Å². The molecule has 0 bridgehead atoms. The maximum absolute atomic E-state index is 12.0. The molecule has 7 heteroatoms. The highest BCUT2D eigenvalue weighted by Crippen LogP contribution is 2.13. The third-order valence-corrected chi connectivity index (χ3v) is 3.24. The fourth-order valence-corrected chi connectivity index (χ4v) is 2.06. The molecule has 1 aliphatic heterocycles. The molecule has 0 spiro atoms. The van der Waals surface area contributed by atoms with Crippen LogP contribution in [-0.4, -0.2) is 53.5 Å². The van der Waals surface area contributed by atoms with Crippen molar-refractivity contribution < 1.29 is 9.53 Å². The van der Waals surface area contributed by atoms with E-state index in [1.807, 2.05) is 18.7 Å². The molecular formula is C11H19N5O2. The molecule has 7 nitrogen and oxygen atoms in total. The maximum Gasteiger partial charge on any atom is 0.227 e. The smallest absolute Gasteiger partial charge is 0.227 e. The Kier molecular flexibility index (Phi) is 4.27. The molecule has 0 aliphatic carbocycles. The van der Waals surface area contributed by atoms with E-state index in [0.717, 1.165) is 5.82 Å². The average Bonchev–Trinajstić information content (AvgIpc) is 2.98. The molecule has 100 valence electrons. The first-order valence-electron chi connectivity index (χ1n) is 6.08. The number of hydrogen-bond donors (Lipinski definition) is 2. The second-order valence-corrected chi connectivity index (χ2v) is 4.44. The number of nitrogens with zero attached hydrogens (tertiary/aromatic N) is 3. The van der Waals surface area contributed by atoms with Gasteiger partial charge in [0.15, 0.2) is 0 Å². The molecule has 0 radical (unpaired) electrons. The molecule has 2 atom stereocenters. The molecule has 1 aromatic rings. The predicted molar refractivity (Wildman–Crippen MR) is 64.9 cm³/mol. The minimum absolute atomic E-state index is 0.0361. The lowest BCUT2D eigenvalue weighted by atomic mass is 10.0. The van der Waals surface area contributed by atoms with Crippen LogP contribution in [0, 0.1) is 5.92 Å². The van der Waals surface area contributed by atoms with Crippen LogP contribution in [0.2, 0.25) is 0 Å². The van der Waals surface area contributed by atoms with Crippen molar-refractivity contribution in [1.29, 1.82) is 0 Å². The van der Waals surface area contributed by atoms with E-state index in [1.54, 1.807) is 6.33 Å². The summed E-state index contributed by atoms with van der Waals surface area (Å²) in [7, 11) is 3.73. The molecule has 0 saturated carbocycles. The van der Waals surface area contributed by atoms with E-state index >= 15 is 0 Å². The number of hydrogen-bond acceptors (Lipinski definition) is 5. The second kappa shape index (κ2) is 5.92. The summed E-state index contributed by atoms with van der Waals surface area (Å²) in [5.74, 6) is 0.798. The van der Waals surface area contributed by atoms with Gasteiger partial charge in [0.1, 0.15) is 12.2 Å².